The Morgan fingerprint density at radius 1 is 1.37 bits per heavy atom. The Balaban J connectivity index is 2.25. The van der Waals surface area contributed by atoms with Crippen molar-refractivity contribution in [1.82, 2.24) is 15.1 Å². The van der Waals surface area contributed by atoms with Crippen LogP contribution < -0.4 is 5.32 Å². The second-order valence-electron chi connectivity index (χ2n) is 4.95. The molecule has 1 saturated heterocycles. The fourth-order valence-corrected chi connectivity index (χ4v) is 2.37. The molecular formula is C14H26N4O. The fourth-order valence-electron chi connectivity index (χ4n) is 2.37. The SMILES string of the molecule is CCN(CC)CCNC(C#N)CC(=O)N1CCCC1. The van der Waals surface area contributed by atoms with Crippen molar-refractivity contribution in [3.05, 3.63) is 0 Å². The molecule has 0 bridgehead atoms. The van der Waals surface area contributed by atoms with E-state index in [4.69, 9.17) is 5.26 Å². The Bertz CT molecular complexity index is 303. The summed E-state index contributed by atoms with van der Waals surface area (Å²) in [6.45, 7) is 9.68. The van der Waals surface area contributed by atoms with Crippen LogP contribution in [0.3, 0.4) is 0 Å². The van der Waals surface area contributed by atoms with E-state index in [2.05, 4.69) is 30.1 Å². The molecular weight excluding hydrogens is 240 g/mol. The molecule has 0 aliphatic carbocycles. The van der Waals surface area contributed by atoms with Gasteiger partial charge in [-0.25, -0.2) is 0 Å². The van der Waals surface area contributed by atoms with Gasteiger partial charge in [0.15, 0.2) is 0 Å². The zero-order valence-corrected chi connectivity index (χ0v) is 12.2. The highest BCUT2D eigenvalue weighted by molar-refractivity contribution is 5.77. The highest BCUT2D eigenvalue weighted by Gasteiger charge is 2.21. The van der Waals surface area contributed by atoms with Crippen molar-refractivity contribution in [3.8, 4) is 6.07 Å². The summed E-state index contributed by atoms with van der Waals surface area (Å²) in [4.78, 5) is 16.1. The number of nitriles is 1. The molecule has 0 aromatic rings. The zero-order valence-electron chi connectivity index (χ0n) is 12.2. The van der Waals surface area contributed by atoms with E-state index in [9.17, 15) is 4.79 Å². The number of carbonyl (C=O) groups excluding carboxylic acids is 1. The van der Waals surface area contributed by atoms with E-state index in [1.165, 1.54) is 0 Å². The van der Waals surface area contributed by atoms with Crippen molar-refractivity contribution in [2.75, 3.05) is 39.3 Å². The summed E-state index contributed by atoms with van der Waals surface area (Å²) in [6.07, 6.45) is 2.49. The van der Waals surface area contributed by atoms with Crippen LogP contribution in [0.2, 0.25) is 0 Å². The highest BCUT2D eigenvalue weighted by atomic mass is 16.2. The molecule has 1 rings (SSSR count). The maximum absolute atomic E-state index is 11.9. The van der Waals surface area contributed by atoms with Crippen LogP contribution in [0.25, 0.3) is 0 Å². The molecule has 5 nitrogen and oxygen atoms in total. The van der Waals surface area contributed by atoms with Crippen LogP contribution in [0, 0.1) is 11.3 Å². The Morgan fingerprint density at radius 2 is 2.00 bits per heavy atom. The molecule has 0 spiro atoms. The first kappa shape index (κ1) is 15.9. The molecule has 1 N–H and O–H groups in total. The van der Waals surface area contributed by atoms with Crippen LogP contribution in [0.4, 0.5) is 0 Å². The lowest BCUT2D eigenvalue weighted by Gasteiger charge is -2.21. The third-order valence-corrected chi connectivity index (χ3v) is 3.71. The Kier molecular flexibility index (Phi) is 7.46. The standard InChI is InChI=1S/C14H26N4O/c1-3-17(4-2)10-7-16-13(12-15)11-14(19)18-8-5-6-9-18/h13,16H,3-11H2,1-2H3. The number of amides is 1. The van der Waals surface area contributed by atoms with Crippen molar-refractivity contribution < 1.29 is 4.79 Å². The molecule has 19 heavy (non-hydrogen) atoms. The third kappa shape index (κ3) is 5.58. The minimum atomic E-state index is -0.358. The number of hydrogen-bond acceptors (Lipinski definition) is 4. The zero-order chi connectivity index (χ0) is 14.1. The second kappa shape index (κ2) is 8.89. The van der Waals surface area contributed by atoms with Crippen molar-refractivity contribution in [2.24, 2.45) is 0 Å². The summed E-state index contributed by atoms with van der Waals surface area (Å²) in [5.74, 6) is 0.111. The van der Waals surface area contributed by atoms with Gasteiger partial charge in [-0.15, -0.1) is 0 Å². The number of likely N-dealkylation sites (tertiary alicyclic amines) is 1. The smallest absolute Gasteiger partial charge is 0.225 e. The lowest BCUT2D eigenvalue weighted by molar-refractivity contribution is -0.130. The molecule has 0 aromatic heterocycles. The van der Waals surface area contributed by atoms with Gasteiger partial charge >= 0.3 is 0 Å². The number of rotatable bonds is 8. The van der Waals surface area contributed by atoms with Crippen LogP contribution in [-0.4, -0.2) is 61.0 Å². The number of carbonyl (C=O) groups is 1. The Labute approximate surface area is 116 Å². The molecule has 0 saturated carbocycles. The van der Waals surface area contributed by atoms with Crippen LogP contribution in [0.1, 0.15) is 33.1 Å². The minimum absolute atomic E-state index is 0.111. The first-order chi connectivity index (χ1) is 9.21. The van der Waals surface area contributed by atoms with E-state index in [1.54, 1.807) is 0 Å². The molecule has 0 radical (unpaired) electrons. The second-order valence-corrected chi connectivity index (χ2v) is 4.95. The minimum Gasteiger partial charge on any atom is -0.343 e. The van der Waals surface area contributed by atoms with E-state index in [1.807, 2.05) is 4.90 Å². The normalized spacial score (nSPS) is 16.6. The monoisotopic (exact) mass is 266 g/mol. The molecule has 1 atom stereocenters. The van der Waals surface area contributed by atoms with Gasteiger partial charge in [0.1, 0.15) is 6.04 Å². The molecule has 0 aromatic carbocycles. The number of nitrogens with zero attached hydrogens (tertiary/aromatic N) is 3. The van der Waals surface area contributed by atoms with Gasteiger partial charge in [0.2, 0.25) is 5.91 Å². The summed E-state index contributed by atoms with van der Waals surface area (Å²) in [6, 6.07) is 1.83. The first-order valence-corrected chi connectivity index (χ1v) is 7.34. The summed E-state index contributed by atoms with van der Waals surface area (Å²) < 4.78 is 0. The topological polar surface area (TPSA) is 59.4 Å². The van der Waals surface area contributed by atoms with E-state index >= 15 is 0 Å². The average Bonchev–Trinajstić information content (AvgIpc) is 2.96. The fraction of sp³-hybridized carbons (Fsp3) is 0.857. The van der Waals surface area contributed by atoms with E-state index < -0.39 is 0 Å². The van der Waals surface area contributed by atoms with Crippen molar-refractivity contribution in [1.29, 1.82) is 5.26 Å². The number of hydrogen-bond donors (Lipinski definition) is 1. The lowest BCUT2D eigenvalue weighted by Crippen LogP contribution is -2.40. The van der Waals surface area contributed by atoms with E-state index in [0.717, 1.165) is 52.1 Å². The maximum Gasteiger partial charge on any atom is 0.225 e. The van der Waals surface area contributed by atoms with Crippen LogP contribution in [-0.2, 0) is 4.79 Å². The van der Waals surface area contributed by atoms with Gasteiger partial charge in [-0.2, -0.15) is 5.26 Å². The molecule has 1 fully saturated rings. The van der Waals surface area contributed by atoms with Crippen molar-refractivity contribution in [2.45, 2.75) is 39.2 Å². The van der Waals surface area contributed by atoms with Crippen molar-refractivity contribution in [3.63, 3.8) is 0 Å². The van der Waals surface area contributed by atoms with Gasteiger partial charge in [-0.05, 0) is 25.9 Å². The summed E-state index contributed by atoms with van der Waals surface area (Å²) in [7, 11) is 0. The predicted molar refractivity (Wildman–Crippen MR) is 75.6 cm³/mol. The summed E-state index contributed by atoms with van der Waals surface area (Å²) in [5, 5.41) is 12.3. The molecule has 1 heterocycles. The maximum atomic E-state index is 11.9. The van der Waals surface area contributed by atoms with Crippen LogP contribution >= 0.6 is 0 Å². The number of likely N-dealkylation sites (N-methyl/N-ethyl adjacent to an activating group) is 1. The quantitative estimate of drug-likeness (QED) is 0.707. The first-order valence-electron chi connectivity index (χ1n) is 7.34. The molecule has 108 valence electrons. The lowest BCUT2D eigenvalue weighted by atomic mass is 10.2. The van der Waals surface area contributed by atoms with Gasteiger partial charge in [0.25, 0.3) is 0 Å². The van der Waals surface area contributed by atoms with Gasteiger partial charge in [-0.3, -0.25) is 4.79 Å². The van der Waals surface area contributed by atoms with E-state index in [0.29, 0.717) is 6.42 Å². The van der Waals surface area contributed by atoms with Crippen molar-refractivity contribution >= 4 is 5.91 Å². The molecule has 1 aliphatic heterocycles. The van der Waals surface area contributed by atoms with Crippen LogP contribution in [0.5, 0.6) is 0 Å². The Hall–Kier alpha value is -1.12. The molecule has 5 heteroatoms. The van der Waals surface area contributed by atoms with Gasteiger partial charge in [-0.1, -0.05) is 13.8 Å². The predicted octanol–water partition coefficient (Wildman–Crippen LogP) is 0.822. The van der Waals surface area contributed by atoms with Gasteiger partial charge in [0, 0.05) is 26.2 Å². The van der Waals surface area contributed by atoms with Crippen LogP contribution in [0.15, 0.2) is 0 Å². The summed E-state index contributed by atoms with van der Waals surface area (Å²) >= 11 is 0. The van der Waals surface area contributed by atoms with Gasteiger partial charge < -0.3 is 15.1 Å². The highest BCUT2D eigenvalue weighted by Crippen LogP contribution is 2.09. The Morgan fingerprint density at radius 3 is 2.53 bits per heavy atom. The average molecular weight is 266 g/mol. The number of nitrogens with one attached hydrogen (secondary N) is 1. The van der Waals surface area contributed by atoms with Gasteiger partial charge in [0.05, 0.1) is 12.5 Å². The largest absolute Gasteiger partial charge is 0.343 e. The summed E-state index contributed by atoms with van der Waals surface area (Å²) in [5.41, 5.74) is 0. The molecule has 1 unspecified atom stereocenters. The third-order valence-electron chi connectivity index (χ3n) is 3.71. The molecule has 1 amide bonds. The molecule has 1 aliphatic rings. The van der Waals surface area contributed by atoms with E-state index in [-0.39, 0.29) is 11.9 Å².